The fourth-order valence-electron chi connectivity index (χ4n) is 2.72. The third-order valence-corrected chi connectivity index (χ3v) is 4.04. The SMILES string of the molecule is C=CC(=O)O.CCCCCC(CCC)OC(CCC)CCCCC. The summed E-state index contributed by atoms with van der Waals surface area (Å²) in [7, 11) is 0. The van der Waals surface area contributed by atoms with Gasteiger partial charge in [0.05, 0.1) is 12.2 Å². The summed E-state index contributed by atoms with van der Waals surface area (Å²) in [6.45, 7) is 12.1. The van der Waals surface area contributed by atoms with E-state index < -0.39 is 5.97 Å². The number of carbonyl (C=O) groups is 1. The molecule has 0 aliphatic carbocycles. The van der Waals surface area contributed by atoms with E-state index in [0.29, 0.717) is 12.2 Å². The third-order valence-electron chi connectivity index (χ3n) is 4.04. The van der Waals surface area contributed by atoms with Crippen molar-refractivity contribution in [3.8, 4) is 0 Å². The first kappa shape index (κ1) is 25.4. The van der Waals surface area contributed by atoms with Gasteiger partial charge in [-0.1, -0.05) is 85.6 Å². The molecule has 0 aliphatic rings. The number of ether oxygens (including phenoxy) is 1. The zero-order chi connectivity index (χ0) is 18.6. The summed E-state index contributed by atoms with van der Waals surface area (Å²) in [6, 6.07) is 0. The van der Waals surface area contributed by atoms with Crippen LogP contribution in [0.15, 0.2) is 12.7 Å². The van der Waals surface area contributed by atoms with Crippen LogP contribution in [0.25, 0.3) is 0 Å². The predicted octanol–water partition coefficient (Wildman–Crippen LogP) is 6.76. The van der Waals surface area contributed by atoms with E-state index in [9.17, 15) is 4.79 Å². The Morgan fingerprint density at radius 1 is 0.833 bits per heavy atom. The van der Waals surface area contributed by atoms with Gasteiger partial charge in [-0.05, 0) is 25.7 Å². The van der Waals surface area contributed by atoms with E-state index in [0.717, 1.165) is 6.08 Å². The molecule has 0 saturated heterocycles. The maximum atomic E-state index is 9.25. The largest absolute Gasteiger partial charge is 0.478 e. The summed E-state index contributed by atoms with van der Waals surface area (Å²) >= 11 is 0. The van der Waals surface area contributed by atoms with Gasteiger partial charge in [0.1, 0.15) is 0 Å². The molecule has 24 heavy (non-hydrogen) atoms. The maximum absolute atomic E-state index is 9.25. The van der Waals surface area contributed by atoms with Gasteiger partial charge in [0, 0.05) is 6.08 Å². The average molecular weight is 343 g/mol. The molecule has 0 aliphatic heterocycles. The monoisotopic (exact) mass is 342 g/mol. The van der Waals surface area contributed by atoms with E-state index in [4.69, 9.17) is 9.84 Å². The second kappa shape index (κ2) is 20.2. The Labute approximate surface area is 150 Å². The van der Waals surface area contributed by atoms with Gasteiger partial charge in [-0.25, -0.2) is 4.79 Å². The van der Waals surface area contributed by atoms with Crippen LogP contribution in [0.2, 0.25) is 0 Å². The summed E-state index contributed by atoms with van der Waals surface area (Å²) < 4.78 is 6.42. The molecule has 3 nitrogen and oxygen atoms in total. The minimum Gasteiger partial charge on any atom is -0.478 e. The van der Waals surface area contributed by atoms with Gasteiger partial charge >= 0.3 is 5.97 Å². The van der Waals surface area contributed by atoms with Gasteiger partial charge in [-0.15, -0.1) is 0 Å². The van der Waals surface area contributed by atoms with Crippen LogP contribution in [0.4, 0.5) is 0 Å². The summed E-state index contributed by atoms with van der Waals surface area (Å²) in [5.74, 6) is -0.981. The highest BCUT2D eigenvalue weighted by Crippen LogP contribution is 2.19. The molecule has 3 heteroatoms. The Kier molecular flexibility index (Phi) is 21.4. The lowest BCUT2D eigenvalue weighted by Gasteiger charge is -2.25. The van der Waals surface area contributed by atoms with Crippen molar-refractivity contribution in [1.29, 1.82) is 0 Å². The van der Waals surface area contributed by atoms with E-state index in [1.54, 1.807) is 0 Å². The molecule has 0 aromatic heterocycles. The van der Waals surface area contributed by atoms with Crippen molar-refractivity contribution in [2.24, 2.45) is 0 Å². The summed E-state index contributed by atoms with van der Waals surface area (Å²) in [5.41, 5.74) is 0. The van der Waals surface area contributed by atoms with Crippen molar-refractivity contribution in [3.05, 3.63) is 12.7 Å². The van der Waals surface area contributed by atoms with Gasteiger partial charge in [-0.3, -0.25) is 0 Å². The van der Waals surface area contributed by atoms with Crippen molar-refractivity contribution in [2.45, 2.75) is 117 Å². The first-order valence-electron chi connectivity index (χ1n) is 10.1. The molecular weight excluding hydrogens is 300 g/mol. The summed E-state index contributed by atoms with van der Waals surface area (Å²) in [6.07, 6.45) is 17.5. The summed E-state index contributed by atoms with van der Waals surface area (Å²) in [4.78, 5) is 9.25. The van der Waals surface area contributed by atoms with Gasteiger partial charge in [0.25, 0.3) is 0 Å². The van der Waals surface area contributed by atoms with Crippen molar-refractivity contribution in [2.75, 3.05) is 0 Å². The van der Waals surface area contributed by atoms with Crippen LogP contribution < -0.4 is 0 Å². The van der Waals surface area contributed by atoms with Crippen LogP contribution in [0.3, 0.4) is 0 Å². The van der Waals surface area contributed by atoms with Crippen molar-refractivity contribution in [3.63, 3.8) is 0 Å². The number of unbranched alkanes of at least 4 members (excludes halogenated alkanes) is 4. The first-order chi connectivity index (χ1) is 11.5. The van der Waals surface area contributed by atoms with Crippen molar-refractivity contribution in [1.82, 2.24) is 0 Å². The van der Waals surface area contributed by atoms with Gasteiger partial charge in [-0.2, -0.15) is 0 Å². The van der Waals surface area contributed by atoms with Crippen LogP contribution >= 0.6 is 0 Å². The van der Waals surface area contributed by atoms with Crippen LogP contribution in [0, 0.1) is 0 Å². The number of rotatable bonds is 15. The molecule has 2 atom stereocenters. The van der Waals surface area contributed by atoms with Crippen molar-refractivity contribution < 1.29 is 14.6 Å². The van der Waals surface area contributed by atoms with Gasteiger partial charge in [0.2, 0.25) is 0 Å². The molecule has 1 N–H and O–H groups in total. The molecule has 0 bridgehead atoms. The number of aliphatic carboxylic acids is 1. The number of carboxylic acids is 1. The minimum atomic E-state index is -0.981. The average Bonchev–Trinajstić information content (AvgIpc) is 2.56. The van der Waals surface area contributed by atoms with Gasteiger partial charge < -0.3 is 9.84 Å². The van der Waals surface area contributed by atoms with Crippen LogP contribution in [-0.2, 0) is 9.53 Å². The quantitative estimate of drug-likeness (QED) is 0.264. The normalized spacial score (nSPS) is 12.8. The Morgan fingerprint density at radius 3 is 1.46 bits per heavy atom. The topological polar surface area (TPSA) is 46.5 Å². The Hall–Kier alpha value is -0.830. The second-order valence-corrected chi connectivity index (χ2v) is 6.49. The van der Waals surface area contributed by atoms with E-state index in [1.807, 2.05) is 0 Å². The zero-order valence-electron chi connectivity index (χ0n) is 16.7. The number of hydrogen-bond acceptors (Lipinski definition) is 2. The van der Waals surface area contributed by atoms with E-state index in [2.05, 4.69) is 34.3 Å². The molecule has 0 heterocycles. The molecule has 144 valence electrons. The molecule has 0 spiro atoms. The molecule has 0 aromatic carbocycles. The Morgan fingerprint density at radius 2 is 1.21 bits per heavy atom. The fourth-order valence-corrected chi connectivity index (χ4v) is 2.72. The molecule has 2 unspecified atom stereocenters. The predicted molar refractivity (Wildman–Crippen MR) is 105 cm³/mol. The first-order valence-corrected chi connectivity index (χ1v) is 10.1. The lowest BCUT2D eigenvalue weighted by atomic mass is 10.0. The Bertz CT molecular complexity index is 258. The van der Waals surface area contributed by atoms with Crippen LogP contribution in [-0.4, -0.2) is 23.3 Å². The lowest BCUT2D eigenvalue weighted by molar-refractivity contribution is -0.131. The molecular formula is C21H42O3. The third kappa shape index (κ3) is 19.2. The molecule has 0 fully saturated rings. The minimum absolute atomic E-state index is 0.523. The van der Waals surface area contributed by atoms with Crippen molar-refractivity contribution >= 4 is 5.97 Å². The second-order valence-electron chi connectivity index (χ2n) is 6.49. The smallest absolute Gasteiger partial charge is 0.327 e. The van der Waals surface area contributed by atoms with E-state index in [1.165, 1.54) is 77.0 Å². The highest BCUT2D eigenvalue weighted by molar-refractivity contribution is 5.78. The highest BCUT2D eigenvalue weighted by atomic mass is 16.5. The van der Waals surface area contributed by atoms with E-state index in [-0.39, 0.29) is 0 Å². The van der Waals surface area contributed by atoms with E-state index >= 15 is 0 Å². The lowest BCUT2D eigenvalue weighted by Crippen LogP contribution is -2.22. The number of carboxylic acid groups (broad SMARTS) is 1. The van der Waals surface area contributed by atoms with Gasteiger partial charge in [0.15, 0.2) is 0 Å². The fraction of sp³-hybridized carbons (Fsp3) is 0.857. The van der Waals surface area contributed by atoms with Crippen LogP contribution in [0.5, 0.6) is 0 Å². The summed E-state index contributed by atoms with van der Waals surface area (Å²) in [5, 5.41) is 7.60. The zero-order valence-corrected chi connectivity index (χ0v) is 16.7. The molecule has 0 saturated carbocycles. The standard InChI is InChI=1S/C18H38O.C3H4O2/c1-5-9-11-15-17(13-7-3)19-18(14-8-4)16-12-10-6-2;1-2-3(4)5/h17-18H,5-16H2,1-4H3;2H,1H2,(H,4,5). The van der Waals surface area contributed by atoms with Crippen LogP contribution in [0.1, 0.15) is 105 Å². The maximum Gasteiger partial charge on any atom is 0.327 e. The molecule has 0 aromatic rings. The molecule has 0 amide bonds. The highest BCUT2D eigenvalue weighted by Gasteiger charge is 2.15. The molecule has 0 rings (SSSR count). The molecule has 0 radical (unpaired) electrons. The Balaban J connectivity index is 0. The number of hydrogen-bond donors (Lipinski definition) is 1.